The fourth-order valence-corrected chi connectivity index (χ4v) is 2.31. The van der Waals surface area contributed by atoms with Crippen molar-refractivity contribution in [2.24, 2.45) is 0 Å². The number of pyridine rings is 1. The van der Waals surface area contributed by atoms with Crippen molar-refractivity contribution in [2.75, 3.05) is 17.7 Å². The highest BCUT2D eigenvalue weighted by Crippen LogP contribution is 2.24. The maximum Gasteiger partial charge on any atom is 0.232 e. The Morgan fingerprint density at radius 2 is 1.57 bits per heavy atom. The van der Waals surface area contributed by atoms with Crippen LogP contribution in [0.3, 0.4) is 0 Å². The summed E-state index contributed by atoms with van der Waals surface area (Å²) in [4.78, 5) is 16.5. The molecule has 146 valence electrons. The molecule has 0 atom stereocenters. The van der Waals surface area contributed by atoms with Crippen molar-refractivity contribution in [3.8, 4) is 17.4 Å². The largest absolute Gasteiger partial charge is 0.481 e. The molecule has 0 amide bonds. The molecule has 0 saturated carbocycles. The van der Waals surface area contributed by atoms with Crippen LogP contribution in [0.15, 0.2) is 30.3 Å². The van der Waals surface area contributed by atoms with Gasteiger partial charge in [-0.15, -0.1) is 0 Å². The number of anilines is 3. The maximum atomic E-state index is 14.3. The van der Waals surface area contributed by atoms with Crippen LogP contribution >= 0.6 is 0 Å². The molecular formula is C18H17F3N6O. The molecule has 0 fully saturated rings. The number of halogens is 3. The number of hydrogen-bond acceptors (Lipinski definition) is 7. The molecule has 3 rings (SSSR count). The summed E-state index contributed by atoms with van der Waals surface area (Å²) in [5, 5.41) is 5.67. The molecule has 2 N–H and O–H groups in total. The van der Waals surface area contributed by atoms with Crippen LogP contribution in [-0.4, -0.2) is 33.1 Å². The van der Waals surface area contributed by atoms with E-state index in [1.807, 2.05) is 13.8 Å². The molecule has 0 saturated heterocycles. The van der Waals surface area contributed by atoms with Gasteiger partial charge in [-0.25, -0.2) is 18.2 Å². The number of ether oxygens (including phenoxy) is 1. The Bertz CT molecular complexity index is 979. The minimum Gasteiger partial charge on any atom is -0.481 e. The minimum atomic E-state index is -0.766. The molecule has 1 aromatic carbocycles. The second-order valence-corrected chi connectivity index (χ2v) is 6.07. The van der Waals surface area contributed by atoms with Crippen molar-refractivity contribution in [1.29, 1.82) is 0 Å². The van der Waals surface area contributed by atoms with Crippen LogP contribution in [-0.2, 0) is 0 Å². The molecule has 2 aromatic heterocycles. The van der Waals surface area contributed by atoms with Gasteiger partial charge in [-0.05, 0) is 32.0 Å². The lowest BCUT2D eigenvalue weighted by Gasteiger charge is -2.12. The van der Waals surface area contributed by atoms with E-state index < -0.39 is 17.5 Å². The predicted octanol–water partition coefficient (Wildman–Crippen LogP) is 3.92. The summed E-state index contributed by atoms with van der Waals surface area (Å²) in [6, 6.07) is 5.40. The summed E-state index contributed by atoms with van der Waals surface area (Å²) in [6.45, 7) is 3.73. The van der Waals surface area contributed by atoms with Gasteiger partial charge in [-0.1, -0.05) is 0 Å². The monoisotopic (exact) mass is 390 g/mol. The first kappa shape index (κ1) is 19.3. The maximum absolute atomic E-state index is 14.3. The van der Waals surface area contributed by atoms with Crippen LogP contribution in [0.4, 0.5) is 30.8 Å². The highest BCUT2D eigenvalue weighted by molar-refractivity contribution is 5.59. The Labute approximate surface area is 159 Å². The summed E-state index contributed by atoms with van der Waals surface area (Å²) in [7, 11) is 1.40. The van der Waals surface area contributed by atoms with Crippen LogP contribution in [0.5, 0.6) is 5.88 Å². The Kier molecular flexibility index (Phi) is 5.57. The number of hydrogen-bond donors (Lipinski definition) is 2. The van der Waals surface area contributed by atoms with Crippen LogP contribution in [0.2, 0.25) is 0 Å². The molecule has 0 aliphatic carbocycles. The van der Waals surface area contributed by atoms with Gasteiger partial charge in [-0.3, -0.25) is 0 Å². The molecule has 3 aromatic rings. The number of nitrogens with one attached hydrogen (secondary N) is 2. The zero-order valence-electron chi connectivity index (χ0n) is 15.3. The lowest BCUT2D eigenvalue weighted by molar-refractivity contribution is 0.396. The van der Waals surface area contributed by atoms with E-state index in [0.717, 1.165) is 18.2 Å². The topological polar surface area (TPSA) is 84.9 Å². The van der Waals surface area contributed by atoms with Gasteiger partial charge < -0.3 is 15.4 Å². The van der Waals surface area contributed by atoms with Crippen LogP contribution in [0.1, 0.15) is 13.8 Å². The molecule has 0 aliphatic heterocycles. The van der Waals surface area contributed by atoms with E-state index in [2.05, 4.69) is 30.6 Å². The van der Waals surface area contributed by atoms with Crippen molar-refractivity contribution in [3.05, 3.63) is 47.8 Å². The molecule has 28 heavy (non-hydrogen) atoms. The van der Waals surface area contributed by atoms with Crippen LogP contribution in [0.25, 0.3) is 11.5 Å². The van der Waals surface area contributed by atoms with Gasteiger partial charge in [0.05, 0.1) is 7.11 Å². The Morgan fingerprint density at radius 3 is 2.21 bits per heavy atom. The minimum absolute atomic E-state index is 0.0298. The first-order chi connectivity index (χ1) is 13.3. The first-order valence-electron chi connectivity index (χ1n) is 8.30. The van der Waals surface area contributed by atoms with Gasteiger partial charge in [0.15, 0.2) is 11.6 Å². The van der Waals surface area contributed by atoms with E-state index in [1.165, 1.54) is 19.2 Å². The summed E-state index contributed by atoms with van der Waals surface area (Å²) in [5.41, 5.74) is -0.0637. The Balaban J connectivity index is 2.06. The van der Waals surface area contributed by atoms with Crippen molar-refractivity contribution in [1.82, 2.24) is 19.9 Å². The molecule has 0 spiro atoms. The normalized spacial score (nSPS) is 10.8. The zero-order valence-corrected chi connectivity index (χ0v) is 15.3. The summed E-state index contributed by atoms with van der Waals surface area (Å²) >= 11 is 0. The molecule has 0 unspecified atom stereocenters. The van der Waals surface area contributed by atoms with Crippen molar-refractivity contribution >= 4 is 17.6 Å². The quantitative estimate of drug-likeness (QED) is 0.660. The lowest BCUT2D eigenvalue weighted by atomic mass is 10.3. The molecular weight excluding hydrogens is 373 g/mol. The van der Waals surface area contributed by atoms with Crippen molar-refractivity contribution in [3.63, 3.8) is 0 Å². The number of rotatable bonds is 6. The third-order valence-electron chi connectivity index (χ3n) is 3.41. The predicted molar refractivity (Wildman–Crippen MR) is 98.0 cm³/mol. The van der Waals surface area contributed by atoms with E-state index in [9.17, 15) is 13.2 Å². The third kappa shape index (κ3) is 4.64. The number of methoxy groups -OCH3 is 1. The van der Waals surface area contributed by atoms with Crippen LogP contribution < -0.4 is 15.4 Å². The van der Waals surface area contributed by atoms with Gasteiger partial charge in [0.1, 0.15) is 17.3 Å². The van der Waals surface area contributed by atoms with Gasteiger partial charge in [0, 0.05) is 23.9 Å². The average molecular weight is 390 g/mol. The highest BCUT2D eigenvalue weighted by atomic mass is 19.1. The standard InChI is InChI=1S/C18H17F3N6O/c1-9(2)22-17-25-16(15-13(21)4-5-14(24-15)28-3)26-18(27-17)23-12-7-10(19)6-11(20)8-12/h4-9H,1-3H3,(H2,22,23,25,26,27). The molecule has 10 heteroatoms. The zero-order chi connectivity index (χ0) is 20.3. The summed E-state index contributed by atoms with van der Waals surface area (Å²) in [5.74, 6) is -1.99. The molecule has 0 radical (unpaired) electrons. The van der Waals surface area contributed by atoms with Gasteiger partial charge >= 0.3 is 0 Å². The van der Waals surface area contributed by atoms with E-state index in [0.29, 0.717) is 0 Å². The molecule has 0 bridgehead atoms. The fourth-order valence-electron chi connectivity index (χ4n) is 2.31. The molecule has 0 aliphatic rings. The Hall–Kier alpha value is -3.43. The second kappa shape index (κ2) is 8.07. The van der Waals surface area contributed by atoms with Crippen molar-refractivity contribution < 1.29 is 17.9 Å². The smallest absolute Gasteiger partial charge is 0.232 e. The van der Waals surface area contributed by atoms with Crippen molar-refractivity contribution in [2.45, 2.75) is 19.9 Å². The summed E-state index contributed by atoms with van der Waals surface area (Å²) < 4.78 is 46.2. The van der Waals surface area contributed by atoms with Gasteiger partial charge in [0.25, 0.3) is 0 Å². The molecule has 7 nitrogen and oxygen atoms in total. The second-order valence-electron chi connectivity index (χ2n) is 6.07. The third-order valence-corrected chi connectivity index (χ3v) is 3.41. The highest BCUT2D eigenvalue weighted by Gasteiger charge is 2.16. The number of benzene rings is 1. The van der Waals surface area contributed by atoms with E-state index in [4.69, 9.17) is 4.74 Å². The average Bonchev–Trinajstić information content (AvgIpc) is 2.60. The Morgan fingerprint density at radius 1 is 0.893 bits per heavy atom. The number of aromatic nitrogens is 4. The SMILES string of the molecule is COc1ccc(F)c(-c2nc(Nc3cc(F)cc(F)c3)nc(NC(C)C)n2)n1. The fraction of sp³-hybridized carbons (Fsp3) is 0.222. The lowest BCUT2D eigenvalue weighted by Crippen LogP contribution is -2.15. The number of nitrogens with zero attached hydrogens (tertiary/aromatic N) is 4. The first-order valence-corrected chi connectivity index (χ1v) is 8.30. The van der Waals surface area contributed by atoms with Gasteiger partial charge in [0.2, 0.25) is 17.8 Å². The van der Waals surface area contributed by atoms with E-state index >= 15 is 0 Å². The van der Waals surface area contributed by atoms with Crippen LogP contribution in [0, 0.1) is 17.5 Å². The van der Waals surface area contributed by atoms with Gasteiger partial charge in [-0.2, -0.15) is 15.0 Å². The van der Waals surface area contributed by atoms with E-state index in [1.54, 1.807) is 0 Å². The summed E-state index contributed by atoms with van der Waals surface area (Å²) in [6.07, 6.45) is 0. The van der Waals surface area contributed by atoms with E-state index in [-0.39, 0.29) is 41.0 Å². The molecule has 2 heterocycles.